The third kappa shape index (κ3) is 4.07. The minimum atomic E-state index is -0.118. The molecule has 2 amide bonds. The van der Waals surface area contributed by atoms with Gasteiger partial charge in [-0.15, -0.1) is 0 Å². The van der Waals surface area contributed by atoms with Crippen LogP contribution in [0, 0.1) is 0 Å². The largest absolute Gasteiger partial charge is 0.325 e. The lowest BCUT2D eigenvalue weighted by Crippen LogP contribution is -2.23. The standard InChI is InChI=1S/C16H16N4O2S/c21-14(11-23-16-17-8-2-9-18-16)19-12-4-6-13(7-5-12)20-10-1-3-15(20)22/h2,4-9H,1,3,10-11H2,(H,19,21). The fourth-order valence-corrected chi connectivity index (χ4v) is 2.94. The number of nitrogens with one attached hydrogen (secondary N) is 1. The maximum atomic E-state index is 11.9. The minimum absolute atomic E-state index is 0.118. The van der Waals surface area contributed by atoms with Crippen LogP contribution < -0.4 is 10.2 Å². The summed E-state index contributed by atoms with van der Waals surface area (Å²) in [5.74, 6) is 0.282. The molecule has 0 saturated carbocycles. The SMILES string of the molecule is O=C(CSc1ncccn1)Nc1ccc(N2CCCC2=O)cc1. The van der Waals surface area contributed by atoms with Crippen molar-refractivity contribution in [1.29, 1.82) is 0 Å². The predicted octanol–water partition coefficient (Wildman–Crippen LogP) is 2.33. The number of rotatable bonds is 5. The molecule has 1 aromatic heterocycles. The Labute approximate surface area is 138 Å². The van der Waals surface area contributed by atoms with Gasteiger partial charge in [-0.1, -0.05) is 11.8 Å². The number of hydrogen-bond acceptors (Lipinski definition) is 5. The summed E-state index contributed by atoms with van der Waals surface area (Å²) in [5.41, 5.74) is 1.58. The highest BCUT2D eigenvalue weighted by molar-refractivity contribution is 7.99. The van der Waals surface area contributed by atoms with Gasteiger partial charge in [0.2, 0.25) is 11.8 Å². The van der Waals surface area contributed by atoms with E-state index in [0.29, 0.717) is 17.3 Å². The van der Waals surface area contributed by atoms with Crippen LogP contribution in [-0.4, -0.2) is 34.1 Å². The molecule has 118 valence electrons. The lowest BCUT2D eigenvalue weighted by Gasteiger charge is -2.16. The molecule has 0 bridgehead atoms. The number of benzene rings is 1. The van der Waals surface area contributed by atoms with Crippen LogP contribution in [0.2, 0.25) is 0 Å². The van der Waals surface area contributed by atoms with Crippen molar-refractivity contribution >= 4 is 35.0 Å². The number of nitrogens with zero attached hydrogens (tertiary/aromatic N) is 3. The molecule has 1 N–H and O–H groups in total. The number of anilines is 2. The van der Waals surface area contributed by atoms with Gasteiger partial charge >= 0.3 is 0 Å². The molecule has 1 aliphatic heterocycles. The zero-order valence-corrected chi connectivity index (χ0v) is 13.3. The van der Waals surface area contributed by atoms with Crippen LogP contribution in [0.5, 0.6) is 0 Å². The summed E-state index contributed by atoms with van der Waals surface area (Å²) < 4.78 is 0. The normalized spacial score (nSPS) is 14.1. The Bertz CT molecular complexity index is 691. The monoisotopic (exact) mass is 328 g/mol. The average Bonchev–Trinajstić information content (AvgIpc) is 3.01. The van der Waals surface area contributed by atoms with Crippen molar-refractivity contribution in [3.8, 4) is 0 Å². The van der Waals surface area contributed by atoms with Crippen molar-refractivity contribution in [2.75, 3.05) is 22.5 Å². The molecule has 7 heteroatoms. The molecule has 0 aliphatic carbocycles. The highest BCUT2D eigenvalue weighted by atomic mass is 32.2. The Hall–Kier alpha value is -2.41. The number of aromatic nitrogens is 2. The van der Waals surface area contributed by atoms with Gasteiger partial charge in [-0.3, -0.25) is 9.59 Å². The molecule has 0 atom stereocenters. The van der Waals surface area contributed by atoms with Crippen molar-refractivity contribution < 1.29 is 9.59 Å². The van der Waals surface area contributed by atoms with E-state index in [-0.39, 0.29) is 17.6 Å². The second kappa shape index (κ2) is 7.23. The van der Waals surface area contributed by atoms with Gasteiger partial charge in [-0.2, -0.15) is 0 Å². The molecule has 0 unspecified atom stereocenters. The fourth-order valence-electron chi connectivity index (χ4n) is 2.33. The first-order valence-electron chi connectivity index (χ1n) is 7.32. The first-order valence-corrected chi connectivity index (χ1v) is 8.31. The molecule has 1 aromatic carbocycles. The molecule has 0 radical (unpaired) electrons. The molecule has 1 fully saturated rings. The van der Waals surface area contributed by atoms with Gasteiger partial charge in [-0.05, 0) is 36.8 Å². The summed E-state index contributed by atoms with van der Waals surface area (Å²) in [5, 5.41) is 3.40. The Balaban J connectivity index is 1.53. The molecule has 23 heavy (non-hydrogen) atoms. The zero-order chi connectivity index (χ0) is 16.1. The van der Waals surface area contributed by atoms with Crippen molar-refractivity contribution in [3.05, 3.63) is 42.7 Å². The third-order valence-corrected chi connectivity index (χ3v) is 4.29. The van der Waals surface area contributed by atoms with E-state index in [1.165, 1.54) is 11.8 Å². The molecular formula is C16H16N4O2S. The molecule has 0 spiro atoms. The first kappa shape index (κ1) is 15.5. The van der Waals surface area contributed by atoms with Crippen LogP contribution in [0.25, 0.3) is 0 Å². The van der Waals surface area contributed by atoms with E-state index in [2.05, 4.69) is 15.3 Å². The molecule has 3 rings (SSSR count). The molecule has 6 nitrogen and oxygen atoms in total. The van der Waals surface area contributed by atoms with E-state index in [0.717, 1.165) is 18.7 Å². The van der Waals surface area contributed by atoms with Gasteiger partial charge in [0.1, 0.15) is 0 Å². The van der Waals surface area contributed by atoms with Crippen LogP contribution in [0.15, 0.2) is 47.9 Å². The Morgan fingerprint density at radius 1 is 1.22 bits per heavy atom. The summed E-state index contributed by atoms with van der Waals surface area (Å²) >= 11 is 1.28. The second-order valence-electron chi connectivity index (χ2n) is 5.06. The van der Waals surface area contributed by atoms with E-state index < -0.39 is 0 Å². The summed E-state index contributed by atoms with van der Waals surface area (Å²) in [7, 11) is 0. The predicted molar refractivity (Wildman–Crippen MR) is 89.4 cm³/mol. The minimum Gasteiger partial charge on any atom is -0.325 e. The molecule has 2 aromatic rings. The topological polar surface area (TPSA) is 75.2 Å². The van der Waals surface area contributed by atoms with Crippen LogP contribution in [0.4, 0.5) is 11.4 Å². The number of hydrogen-bond donors (Lipinski definition) is 1. The number of amides is 2. The van der Waals surface area contributed by atoms with Crippen LogP contribution in [0.1, 0.15) is 12.8 Å². The first-order chi connectivity index (χ1) is 11.2. The van der Waals surface area contributed by atoms with Crippen molar-refractivity contribution in [2.45, 2.75) is 18.0 Å². The van der Waals surface area contributed by atoms with Crippen molar-refractivity contribution in [1.82, 2.24) is 9.97 Å². The summed E-state index contributed by atoms with van der Waals surface area (Å²) in [6.07, 6.45) is 4.80. The highest BCUT2D eigenvalue weighted by Gasteiger charge is 2.21. The Morgan fingerprint density at radius 3 is 2.61 bits per heavy atom. The number of thioether (sulfide) groups is 1. The summed E-state index contributed by atoms with van der Waals surface area (Å²) in [6.45, 7) is 0.762. The van der Waals surface area contributed by atoms with E-state index in [1.807, 2.05) is 24.3 Å². The van der Waals surface area contributed by atoms with Gasteiger partial charge in [0.15, 0.2) is 5.16 Å². The van der Waals surface area contributed by atoms with Crippen molar-refractivity contribution in [2.24, 2.45) is 0 Å². The summed E-state index contributed by atoms with van der Waals surface area (Å²) in [4.78, 5) is 33.5. The molecule has 1 saturated heterocycles. The number of carbonyl (C=O) groups excluding carboxylic acids is 2. The Morgan fingerprint density at radius 2 is 1.96 bits per heavy atom. The quantitative estimate of drug-likeness (QED) is 0.673. The van der Waals surface area contributed by atoms with E-state index in [1.54, 1.807) is 23.4 Å². The maximum absolute atomic E-state index is 11.9. The molecule has 2 heterocycles. The van der Waals surface area contributed by atoms with Gasteiger partial charge in [0.05, 0.1) is 5.75 Å². The smallest absolute Gasteiger partial charge is 0.234 e. The van der Waals surface area contributed by atoms with Crippen molar-refractivity contribution in [3.63, 3.8) is 0 Å². The highest BCUT2D eigenvalue weighted by Crippen LogP contribution is 2.23. The van der Waals surface area contributed by atoms with Crippen LogP contribution >= 0.6 is 11.8 Å². The van der Waals surface area contributed by atoms with Gasteiger partial charge in [-0.25, -0.2) is 9.97 Å². The third-order valence-electron chi connectivity index (χ3n) is 3.41. The van der Waals surface area contributed by atoms with E-state index >= 15 is 0 Å². The van der Waals surface area contributed by atoms with Gasteiger partial charge < -0.3 is 10.2 Å². The second-order valence-corrected chi connectivity index (χ2v) is 6.01. The fraction of sp³-hybridized carbons (Fsp3) is 0.250. The lowest BCUT2D eigenvalue weighted by atomic mass is 10.2. The maximum Gasteiger partial charge on any atom is 0.234 e. The van der Waals surface area contributed by atoms with Gasteiger partial charge in [0.25, 0.3) is 0 Å². The molecule has 1 aliphatic rings. The van der Waals surface area contributed by atoms with Crippen LogP contribution in [-0.2, 0) is 9.59 Å². The lowest BCUT2D eigenvalue weighted by molar-refractivity contribution is -0.117. The molecular weight excluding hydrogens is 312 g/mol. The van der Waals surface area contributed by atoms with Gasteiger partial charge in [0, 0.05) is 36.7 Å². The van der Waals surface area contributed by atoms with E-state index in [4.69, 9.17) is 0 Å². The Kier molecular flexibility index (Phi) is 4.87. The summed E-state index contributed by atoms with van der Waals surface area (Å²) in [6, 6.07) is 9.06. The zero-order valence-electron chi connectivity index (χ0n) is 12.4. The number of carbonyl (C=O) groups is 2. The van der Waals surface area contributed by atoms with Crippen LogP contribution in [0.3, 0.4) is 0 Å². The average molecular weight is 328 g/mol. The van der Waals surface area contributed by atoms with E-state index in [9.17, 15) is 9.59 Å².